The van der Waals surface area contributed by atoms with Gasteiger partial charge in [-0.15, -0.1) is 0 Å². The average Bonchev–Trinajstić information content (AvgIpc) is 2.19. The fourth-order valence-corrected chi connectivity index (χ4v) is 1.79. The van der Waals surface area contributed by atoms with Crippen LogP contribution in [0.3, 0.4) is 0 Å². The van der Waals surface area contributed by atoms with Crippen LogP contribution in [0, 0.1) is 6.92 Å². The molecule has 0 spiro atoms. The third kappa shape index (κ3) is 3.91. The van der Waals surface area contributed by atoms with Crippen molar-refractivity contribution in [1.29, 1.82) is 0 Å². The molecule has 15 heavy (non-hydrogen) atoms. The molecule has 3 nitrogen and oxygen atoms in total. The van der Waals surface area contributed by atoms with Crippen LogP contribution in [0.25, 0.3) is 0 Å². The van der Waals surface area contributed by atoms with Gasteiger partial charge in [0.1, 0.15) is 5.75 Å². The first-order chi connectivity index (χ1) is 6.95. The standard InChI is InChI=1S/C9H12O3S.C2H6/c1-7-6-8(13(3,10)11)4-5-9(7)12-2;1-2/h4-6H,1-3H3;1-2H3. The molecule has 1 aromatic rings. The van der Waals surface area contributed by atoms with Crippen molar-refractivity contribution in [3.63, 3.8) is 0 Å². The third-order valence-corrected chi connectivity index (χ3v) is 2.90. The molecule has 4 heteroatoms. The monoisotopic (exact) mass is 230 g/mol. The second kappa shape index (κ2) is 5.75. The molecule has 0 heterocycles. The van der Waals surface area contributed by atoms with Crippen LogP contribution >= 0.6 is 0 Å². The summed E-state index contributed by atoms with van der Waals surface area (Å²) in [5.41, 5.74) is 0.824. The molecule has 0 aromatic heterocycles. The Hall–Kier alpha value is -1.03. The molecule has 86 valence electrons. The molecule has 1 aromatic carbocycles. The van der Waals surface area contributed by atoms with E-state index in [4.69, 9.17) is 4.74 Å². The van der Waals surface area contributed by atoms with Crippen LogP contribution in [-0.2, 0) is 9.84 Å². The summed E-state index contributed by atoms with van der Waals surface area (Å²) >= 11 is 0. The van der Waals surface area contributed by atoms with E-state index in [2.05, 4.69) is 0 Å². The molecule has 0 atom stereocenters. The molecule has 0 radical (unpaired) electrons. The van der Waals surface area contributed by atoms with Crippen LogP contribution in [0.4, 0.5) is 0 Å². The van der Waals surface area contributed by atoms with Gasteiger partial charge in [-0.2, -0.15) is 0 Å². The number of methoxy groups -OCH3 is 1. The minimum Gasteiger partial charge on any atom is -0.496 e. The van der Waals surface area contributed by atoms with Crippen LogP contribution in [0.2, 0.25) is 0 Å². The van der Waals surface area contributed by atoms with Crippen molar-refractivity contribution in [3.8, 4) is 5.75 Å². The summed E-state index contributed by atoms with van der Waals surface area (Å²) in [5, 5.41) is 0. The van der Waals surface area contributed by atoms with Crippen molar-refractivity contribution in [2.45, 2.75) is 25.7 Å². The minimum atomic E-state index is -3.11. The molecule has 0 N–H and O–H groups in total. The average molecular weight is 230 g/mol. The van der Waals surface area contributed by atoms with E-state index >= 15 is 0 Å². The lowest BCUT2D eigenvalue weighted by atomic mass is 10.2. The summed E-state index contributed by atoms with van der Waals surface area (Å²) in [4.78, 5) is 0.325. The number of aryl methyl sites for hydroxylation is 1. The fraction of sp³-hybridized carbons (Fsp3) is 0.455. The first-order valence-electron chi connectivity index (χ1n) is 4.80. The second-order valence-corrected chi connectivity index (χ2v) is 4.92. The maximum atomic E-state index is 11.1. The van der Waals surface area contributed by atoms with Gasteiger partial charge in [-0.05, 0) is 30.7 Å². The first-order valence-corrected chi connectivity index (χ1v) is 6.69. The van der Waals surface area contributed by atoms with Gasteiger partial charge in [-0.3, -0.25) is 0 Å². The van der Waals surface area contributed by atoms with E-state index in [1.54, 1.807) is 25.3 Å². The Labute approximate surface area is 92.0 Å². The number of hydrogen-bond donors (Lipinski definition) is 0. The van der Waals surface area contributed by atoms with Gasteiger partial charge >= 0.3 is 0 Å². The second-order valence-electron chi connectivity index (χ2n) is 2.90. The van der Waals surface area contributed by atoms with Crippen molar-refractivity contribution in [2.24, 2.45) is 0 Å². The van der Waals surface area contributed by atoms with Gasteiger partial charge < -0.3 is 4.74 Å². The predicted octanol–water partition coefficient (Wildman–Crippen LogP) is 2.43. The fourth-order valence-electron chi connectivity index (χ4n) is 1.08. The summed E-state index contributed by atoms with van der Waals surface area (Å²) in [7, 11) is -1.55. The lowest BCUT2D eigenvalue weighted by molar-refractivity contribution is 0.411. The molecule has 0 unspecified atom stereocenters. The highest BCUT2D eigenvalue weighted by molar-refractivity contribution is 7.90. The number of hydrogen-bond acceptors (Lipinski definition) is 3. The van der Waals surface area contributed by atoms with Crippen LogP contribution in [0.1, 0.15) is 19.4 Å². The topological polar surface area (TPSA) is 43.4 Å². The van der Waals surface area contributed by atoms with Crippen molar-refractivity contribution < 1.29 is 13.2 Å². The summed E-state index contributed by atoms with van der Waals surface area (Å²) in [6.07, 6.45) is 1.19. The number of ether oxygens (including phenoxy) is 1. The Bertz CT molecular complexity index is 408. The Morgan fingerprint density at radius 2 is 1.73 bits per heavy atom. The van der Waals surface area contributed by atoms with E-state index in [9.17, 15) is 8.42 Å². The van der Waals surface area contributed by atoms with Crippen molar-refractivity contribution in [1.82, 2.24) is 0 Å². The highest BCUT2D eigenvalue weighted by atomic mass is 32.2. The maximum absolute atomic E-state index is 11.1. The molecule has 0 aliphatic heterocycles. The molecule has 0 amide bonds. The molecule has 1 rings (SSSR count). The SMILES string of the molecule is CC.COc1ccc(S(C)(=O)=O)cc1C. The van der Waals surface area contributed by atoms with Crippen LogP contribution < -0.4 is 4.74 Å². The van der Waals surface area contributed by atoms with E-state index in [-0.39, 0.29) is 0 Å². The minimum absolute atomic E-state index is 0.325. The predicted molar refractivity (Wildman–Crippen MR) is 62.2 cm³/mol. The number of benzene rings is 1. The number of sulfone groups is 1. The molecule has 0 saturated heterocycles. The van der Waals surface area contributed by atoms with E-state index in [0.717, 1.165) is 5.56 Å². The van der Waals surface area contributed by atoms with Crippen LogP contribution in [0.5, 0.6) is 5.75 Å². The van der Waals surface area contributed by atoms with Crippen LogP contribution in [0.15, 0.2) is 23.1 Å². The molecular formula is C11H18O3S. The van der Waals surface area contributed by atoms with Gasteiger partial charge in [0.25, 0.3) is 0 Å². The zero-order valence-electron chi connectivity index (χ0n) is 9.87. The van der Waals surface area contributed by atoms with Gasteiger partial charge in [0.05, 0.1) is 12.0 Å². The molecule has 0 aliphatic carbocycles. The van der Waals surface area contributed by atoms with Crippen LogP contribution in [-0.4, -0.2) is 21.8 Å². The maximum Gasteiger partial charge on any atom is 0.175 e. The summed E-state index contributed by atoms with van der Waals surface area (Å²) in [6.45, 7) is 5.81. The Morgan fingerprint density at radius 3 is 2.07 bits per heavy atom. The molecule has 0 fully saturated rings. The van der Waals surface area contributed by atoms with Crippen molar-refractivity contribution >= 4 is 9.84 Å². The summed E-state index contributed by atoms with van der Waals surface area (Å²) in [5.74, 6) is 0.701. The zero-order chi connectivity index (χ0) is 12.1. The zero-order valence-corrected chi connectivity index (χ0v) is 10.7. The normalized spacial score (nSPS) is 10.2. The van der Waals surface area contributed by atoms with E-state index < -0.39 is 9.84 Å². The molecular weight excluding hydrogens is 212 g/mol. The van der Waals surface area contributed by atoms with Crippen molar-refractivity contribution in [3.05, 3.63) is 23.8 Å². The lowest BCUT2D eigenvalue weighted by Gasteiger charge is -2.05. The third-order valence-electron chi connectivity index (χ3n) is 1.79. The largest absolute Gasteiger partial charge is 0.496 e. The molecule has 0 bridgehead atoms. The lowest BCUT2D eigenvalue weighted by Crippen LogP contribution is -1.98. The first kappa shape index (κ1) is 14.0. The van der Waals surface area contributed by atoms with Gasteiger partial charge in [0, 0.05) is 6.26 Å². The smallest absolute Gasteiger partial charge is 0.175 e. The Morgan fingerprint density at radius 1 is 1.20 bits per heavy atom. The Balaban J connectivity index is 0.000000921. The van der Waals surface area contributed by atoms with Crippen molar-refractivity contribution in [2.75, 3.05) is 13.4 Å². The van der Waals surface area contributed by atoms with Gasteiger partial charge in [0.15, 0.2) is 9.84 Å². The van der Waals surface area contributed by atoms with Gasteiger partial charge in [-0.1, -0.05) is 13.8 Å². The molecule has 0 saturated carbocycles. The quantitative estimate of drug-likeness (QED) is 0.783. The van der Waals surface area contributed by atoms with E-state index in [1.165, 1.54) is 6.26 Å². The molecule has 0 aliphatic rings. The number of rotatable bonds is 2. The van der Waals surface area contributed by atoms with E-state index in [1.807, 2.05) is 20.8 Å². The Kier molecular flexibility index (Phi) is 5.36. The highest BCUT2D eigenvalue weighted by Gasteiger charge is 2.08. The summed E-state index contributed by atoms with van der Waals surface area (Å²) in [6, 6.07) is 4.81. The summed E-state index contributed by atoms with van der Waals surface area (Å²) < 4.78 is 27.3. The van der Waals surface area contributed by atoms with E-state index in [0.29, 0.717) is 10.6 Å². The highest BCUT2D eigenvalue weighted by Crippen LogP contribution is 2.20. The van der Waals surface area contributed by atoms with Gasteiger partial charge in [0.2, 0.25) is 0 Å². The van der Waals surface area contributed by atoms with Gasteiger partial charge in [-0.25, -0.2) is 8.42 Å².